The molecule has 128 valence electrons. The van der Waals surface area contributed by atoms with Crippen LogP contribution in [0.4, 0.5) is 5.69 Å². The number of nitriles is 1. The molecule has 0 saturated carbocycles. The minimum absolute atomic E-state index is 0.282. The summed E-state index contributed by atoms with van der Waals surface area (Å²) in [5.74, 6) is -0.238. The third-order valence-electron chi connectivity index (χ3n) is 3.09. The number of carbonyl (C=O) groups excluding carboxylic acids is 2. The number of nitrogens with zero attached hydrogens (tertiary/aromatic N) is 1. The molecule has 1 amide bonds. The van der Waals surface area contributed by atoms with E-state index in [1.165, 1.54) is 0 Å². The highest BCUT2D eigenvalue weighted by molar-refractivity contribution is 5.92. The van der Waals surface area contributed by atoms with Gasteiger partial charge in [-0.2, -0.15) is 5.26 Å². The molecule has 7 heteroatoms. The average molecular weight is 340 g/mol. The van der Waals surface area contributed by atoms with Gasteiger partial charge in [-0.3, -0.25) is 4.79 Å². The number of amides is 1. The molecule has 1 N–H and O–H groups in total. The third-order valence-corrected chi connectivity index (χ3v) is 3.09. The SMILES string of the molecule is COc1ccc(NC(=O)COC(=O)COc2ccccc2C#N)cc1. The zero-order valence-corrected chi connectivity index (χ0v) is 13.5. The van der Waals surface area contributed by atoms with E-state index >= 15 is 0 Å². The van der Waals surface area contributed by atoms with Crippen LogP contribution in [0.1, 0.15) is 5.56 Å². The van der Waals surface area contributed by atoms with Crippen LogP contribution in [0.3, 0.4) is 0 Å². The van der Waals surface area contributed by atoms with Crippen molar-refractivity contribution in [3.05, 3.63) is 54.1 Å². The zero-order chi connectivity index (χ0) is 18.1. The smallest absolute Gasteiger partial charge is 0.344 e. The van der Waals surface area contributed by atoms with E-state index in [4.69, 9.17) is 19.5 Å². The minimum Gasteiger partial charge on any atom is -0.497 e. The van der Waals surface area contributed by atoms with Gasteiger partial charge < -0.3 is 19.5 Å². The lowest BCUT2D eigenvalue weighted by molar-refractivity contribution is -0.149. The maximum Gasteiger partial charge on any atom is 0.344 e. The molecule has 0 fully saturated rings. The van der Waals surface area contributed by atoms with Crippen molar-refractivity contribution in [3.63, 3.8) is 0 Å². The number of anilines is 1. The summed E-state index contributed by atoms with van der Waals surface area (Å²) in [7, 11) is 1.55. The zero-order valence-electron chi connectivity index (χ0n) is 13.5. The van der Waals surface area contributed by atoms with Crippen molar-refractivity contribution in [2.45, 2.75) is 0 Å². The first-order valence-corrected chi connectivity index (χ1v) is 7.34. The monoisotopic (exact) mass is 340 g/mol. The van der Waals surface area contributed by atoms with Gasteiger partial charge in [-0.05, 0) is 36.4 Å². The highest BCUT2D eigenvalue weighted by Crippen LogP contribution is 2.16. The summed E-state index contributed by atoms with van der Waals surface area (Å²) in [5, 5.41) is 11.5. The van der Waals surface area contributed by atoms with Crippen molar-refractivity contribution >= 4 is 17.6 Å². The molecule has 0 aliphatic carbocycles. The van der Waals surface area contributed by atoms with Gasteiger partial charge >= 0.3 is 5.97 Å². The second-order valence-corrected chi connectivity index (χ2v) is 4.83. The second-order valence-electron chi connectivity index (χ2n) is 4.83. The first kappa shape index (κ1) is 17.8. The van der Waals surface area contributed by atoms with E-state index < -0.39 is 25.1 Å². The molecular formula is C18H16N2O5. The lowest BCUT2D eigenvalue weighted by Crippen LogP contribution is -2.23. The summed E-state index contributed by atoms with van der Waals surface area (Å²) in [6, 6.07) is 15.2. The number of hydrogen-bond donors (Lipinski definition) is 1. The van der Waals surface area contributed by atoms with Crippen LogP contribution in [0.5, 0.6) is 11.5 Å². The molecule has 0 atom stereocenters. The molecule has 0 radical (unpaired) electrons. The van der Waals surface area contributed by atoms with Gasteiger partial charge in [0.05, 0.1) is 12.7 Å². The van der Waals surface area contributed by atoms with Gasteiger partial charge in [0, 0.05) is 5.69 Å². The van der Waals surface area contributed by atoms with Crippen molar-refractivity contribution in [1.29, 1.82) is 5.26 Å². The summed E-state index contributed by atoms with van der Waals surface area (Å²) in [6.45, 7) is -0.831. The second kappa shape index (κ2) is 8.93. The predicted octanol–water partition coefficient (Wildman–Crippen LogP) is 2.13. The molecule has 0 unspecified atom stereocenters. The van der Waals surface area contributed by atoms with Crippen LogP contribution in [-0.4, -0.2) is 32.2 Å². The maximum atomic E-state index is 11.7. The molecule has 0 heterocycles. The van der Waals surface area contributed by atoms with E-state index in [2.05, 4.69) is 5.32 Å². The molecule has 0 aliphatic heterocycles. The van der Waals surface area contributed by atoms with E-state index in [9.17, 15) is 9.59 Å². The molecule has 2 aromatic rings. The Morgan fingerprint density at radius 1 is 1.08 bits per heavy atom. The number of esters is 1. The molecule has 0 bridgehead atoms. The molecule has 0 aromatic heterocycles. The van der Waals surface area contributed by atoms with Gasteiger partial charge in [0.15, 0.2) is 13.2 Å². The molecule has 7 nitrogen and oxygen atoms in total. The highest BCUT2D eigenvalue weighted by atomic mass is 16.6. The Labute approximate surface area is 144 Å². The van der Waals surface area contributed by atoms with Gasteiger partial charge in [0.2, 0.25) is 0 Å². The third kappa shape index (κ3) is 5.55. The van der Waals surface area contributed by atoms with Crippen molar-refractivity contribution < 1.29 is 23.8 Å². The molecule has 0 aliphatic rings. The van der Waals surface area contributed by atoms with Gasteiger partial charge in [-0.15, -0.1) is 0 Å². The van der Waals surface area contributed by atoms with Crippen LogP contribution in [0.2, 0.25) is 0 Å². The van der Waals surface area contributed by atoms with Crippen LogP contribution >= 0.6 is 0 Å². The summed E-state index contributed by atoms with van der Waals surface area (Å²) in [4.78, 5) is 23.4. The van der Waals surface area contributed by atoms with Gasteiger partial charge in [0.25, 0.3) is 5.91 Å². The van der Waals surface area contributed by atoms with Gasteiger partial charge in [0.1, 0.15) is 17.6 Å². The molecular weight excluding hydrogens is 324 g/mol. The Kier molecular flexibility index (Phi) is 6.37. The highest BCUT2D eigenvalue weighted by Gasteiger charge is 2.10. The predicted molar refractivity (Wildman–Crippen MR) is 89.2 cm³/mol. The summed E-state index contributed by atoms with van der Waals surface area (Å²) in [6.07, 6.45) is 0. The van der Waals surface area contributed by atoms with Gasteiger partial charge in [-0.1, -0.05) is 12.1 Å². The van der Waals surface area contributed by atoms with Crippen LogP contribution in [0.15, 0.2) is 48.5 Å². The lowest BCUT2D eigenvalue weighted by atomic mass is 10.2. The Morgan fingerprint density at radius 3 is 2.48 bits per heavy atom. The number of rotatable bonds is 7. The fourth-order valence-electron chi connectivity index (χ4n) is 1.88. The Balaban J connectivity index is 1.75. The number of ether oxygens (including phenoxy) is 3. The number of nitrogens with one attached hydrogen (secondary N) is 1. The standard InChI is InChI=1S/C18H16N2O5/c1-23-15-8-6-14(7-9-15)20-17(21)11-25-18(22)12-24-16-5-3-2-4-13(16)10-19/h2-9H,11-12H2,1H3,(H,20,21). The van der Waals surface area contributed by atoms with Crippen molar-refractivity contribution in [2.24, 2.45) is 0 Å². The average Bonchev–Trinajstić information content (AvgIpc) is 2.65. The Bertz CT molecular complexity index is 781. The van der Waals surface area contributed by atoms with Crippen LogP contribution in [0, 0.1) is 11.3 Å². The molecule has 25 heavy (non-hydrogen) atoms. The normalized spacial score (nSPS) is 9.60. The maximum absolute atomic E-state index is 11.7. The lowest BCUT2D eigenvalue weighted by Gasteiger charge is -2.09. The van der Waals surface area contributed by atoms with Crippen molar-refractivity contribution in [1.82, 2.24) is 0 Å². The summed E-state index contributed by atoms with van der Waals surface area (Å²) < 4.78 is 15.1. The van der Waals surface area contributed by atoms with E-state index in [0.717, 1.165) is 0 Å². The summed E-state index contributed by atoms with van der Waals surface area (Å²) >= 11 is 0. The molecule has 0 saturated heterocycles. The van der Waals surface area contributed by atoms with E-state index in [0.29, 0.717) is 17.0 Å². The Hall–Kier alpha value is -3.53. The topological polar surface area (TPSA) is 97.7 Å². The van der Waals surface area contributed by atoms with Crippen LogP contribution in [-0.2, 0) is 14.3 Å². The fraction of sp³-hybridized carbons (Fsp3) is 0.167. The number of carbonyl (C=O) groups is 2. The van der Waals surface area contributed by atoms with E-state index in [-0.39, 0.29) is 5.75 Å². The van der Waals surface area contributed by atoms with Gasteiger partial charge in [-0.25, -0.2) is 4.79 Å². The molecule has 2 aromatic carbocycles. The molecule has 0 spiro atoms. The minimum atomic E-state index is -0.711. The number of benzene rings is 2. The van der Waals surface area contributed by atoms with E-state index in [1.807, 2.05) is 6.07 Å². The van der Waals surface area contributed by atoms with Crippen LogP contribution < -0.4 is 14.8 Å². The largest absolute Gasteiger partial charge is 0.497 e. The quantitative estimate of drug-likeness (QED) is 0.776. The number of hydrogen-bond acceptors (Lipinski definition) is 6. The first-order valence-electron chi connectivity index (χ1n) is 7.34. The molecule has 2 rings (SSSR count). The number of para-hydroxylation sites is 1. The number of methoxy groups -OCH3 is 1. The fourth-order valence-corrected chi connectivity index (χ4v) is 1.88. The van der Waals surface area contributed by atoms with Crippen LogP contribution in [0.25, 0.3) is 0 Å². The Morgan fingerprint density at radius 2 is 1.80 bits per heavy atom. The summed E-state index contributed by atoms with van der Waals surface area (Å²) in [5.41, 5.74) is 0.869. The van der Waals surface area contributed by atoms with Crippen molar-refractivity contribution in [2.75, 3.05) is 25.6 Å². The van der Waals surface area contributed by atoms with Crippen molar-refractivity contribution in [3.8, 4) is 17.6 Å². The van der Waals surface area contributed by atoms with E-state index in [1.54, 1.807) is 55.6 Å². The first-order chi connectivity index (χ1) is 12.1.